The Bertz CT molecular complexity index is 926. The van der Waals surface area contributed by atoms with E-state index in [1.165, 1.54) is 12.1 Å². The summed E-state index contributed by atoms with van der Waals surface area (Å²) in [5, 5.41) is 14.7. The Hall–Kier alpha value is -3.18. The lowest BCUT2D eigenvalue weighted by Gasteiger charge is -2.20. The number of benzene rings is 3. The second-order valence-corrected chi connectivity index (χ2v) is 6.48. The molecule has 0 aliphatic rings. The standard InChI is InChI=1S/C21H17ClN2O3/c22-17-8-6-15(7-9-17)20(14-21(25)16-4-2-1-3-5-16)23-18-10-12-19(13-11-18)24(26)27/h1-13,20,23H,14H2. The first kappa shape index (κ1) is 18.6. The van der Waals surface area contributed by atoms with Gasteiger partial charge in [-0.05, 0) is 29.8 Å². The summed E-state index contributed by atoms with van der Waals surface area (Å²) in [5.41, 5.74) is 2.26. The first-order chi connectivity index (χ1) is 13.0. The molecule has 0 fully saturated rings. The highest BCUT2D eigenvalue weighted by molar-refractivity contribution is 6.30. The molecule has 0 bridgehead atoms. The highest BCUT2D eigenvalue weighted by Gasteiger charge is 2.18. The third-order valence-electron chi connectivity index (χ3n) is 4.18. The van der Waals surface area contributed by atoms with Gasteiger partial charge < -0.3 is 5.32 Å². The van der Waals surface area contributed by atoms with Gasteiger partial charge in [0.15, 0.2) is 5.78 Å². The molecule has 0 heterocycles. The van der Waals surface area contributed by atoms with Gasteiger partial charge in [-0.15, -0.1) is 0 Å². The molecule has 1 atom stereocenters. The zero-order valence-corrected chi connectivity index (χ0v) is 15.1. The van der Waals surface area contributed by atoms with E-state index in [4.69, 9.17) is 11.6 Å². The number of carbonyl (C=O) groups excluding carboxylic acids is 1. The van der Waals surface area contributed by atoms with Gasteiger partial charge in [0.2, 0.25) is 0 Å². The lowest BCUT2D eigenvalue weighted by Crippen LogP contribution is -2.15. The molecule has 0 aromatic heterocycles. The van der Waals surface area contributed by atoms with Gasteiger partial charge in [0.25, 0.3) is 5.69 Å². The van der Waals surface area contributed by atoms with Crippen LogP contribution in [0.25, 0.3) is 0 Å². The fourth-order valence-electron chi connectivity index (χ4n) is 2.76. The fourth-order valence-corrected chi connectivity index (χ4v) is 2.88. The van der Waals surface area contributed by atoms with Crippen molar-refractivity contribution in [2.24, 2.45) is 0 Å². The molecular weight excluding hydrogens is 364 g/mol. The Balaban J connectivity index is 1.84. The average molecular weight is 381 g/mol. The zero-order valence-electron chi connectivity index (χ0n) is 14.3. The number of halogens is 1. The van der Waals surface area contributed by atoms with Crippen LogP contribution in [-0.2, 0) is 0 Å². The smallest absolute Gasteiger partial charge is 0.269 e. The number of nitrogens with one attached hydrogen (secondary N) is 1. The number of anilines is 1. The van der Waals surface area contributed by atoms with Gasteiger partial charge >= 0.3 is 0 Å². The molecule has 0 radical (unpaired) electrons. The summed E-state index contributed by atoms with van der Waals surface area (Å²) in [6, 6.07) is 22.2. The number of nitro groups is 1. The van der Waals surface area contributed by atoms with Crippen LogP contribution in [-0.4, -0.2) is 10.7 Å². The van der Waals surface area contributed by atoms with Gasteiger partial charge in [0, 0.05) is 34.8 Å². The van der Waals surface area contributed by atoms with Crippen molar-refractivity contribution in [1.82, 2.24) is 0 Å². The molecule has 27 heavy (non-hydrogen) atoms. The SMILES string of the molecule is O=C(CC(Nc1ccc([N+](=O)[O-])cc1)c1ccc(Cl)cc1)c1ccccc1. The van der Waals surface area contributed by atoms with Crippen molar-refractivity contribution in [3.05, 3.63) is 105 Å². The lowest BCUT2D eigenvalue weighted by atomic mass is 9.97. The zero-order chi connectivity index (χ0) is 19.2. The third-order valence-corrected chi connectivity index (χ3v) is 4.43. The fraction of sp³-hybridized carbons (Fsp3) is 0.0952. The van der Waals surface area contributed by atoms with Crippen LogP contribution in [0.15, 0.2) is 78.9 Å². The topological polar surface area (TPSA) is 72.2 Å². The van der Waals surface area contributed by atoms with Crippen LogP contribution in [0, 0.1) is 10.1 Å². The number of nitrogens with zero attached hydrogens (tertiary/aromatic N) is 1. The normalized spacial score (nSPS) is 11.6. The van der Waals surface area contributed by atoms with E-state index in [-0.39, 0.29) is 23.9 Å². The largest absolute Gasteiger partial charge is 0.378 e. The number of hydrogen-bond acceptors (Lipinski definition) is 4. The van der Waals surface area contributed by atoms with Gasteiger partial charge in [0.1, 0.15) is 0 Å². The van der Waals surface area contributed by atoms with Crippen molar-refractivity contribution in [3.8, 4) is 0 Å². The molecule has 0 amide bonds. The van der Waals surface area contributed by atoms with E-state index in [2.05, 4.69) is 5.32 Å². The Labute approximate surface area is 161 Å². The van der Waals surface area contributed by atoms with E-state index in [1.807, 2.05) is 30.3 Å². The Morgan fingerprint density at radius 3 is 2.19 bits per heavy atom. The third kappa shape index (κ3) is 4.92. The molecule has 3 rings (SSSR count). The lowest BCUT2D eigenvalue weighted by molar-refractivity contribution is -0.384. The van der Waals surface area contributed by atoms with Gasteiger partial charge in [-0.2, -0.15) is 0 Å². The molecule has 0 saturated carbocycles. The number of hydrogen-bond donors (Lipinski definition) is 1. The predicted molar refractivity (Wildman–Crippen MR) is 106 cm³/mol. The molecule has 0 aliphatic heterocycles. The summed E-state index contributed by atoms with van der Waals surface area (Å²) in [5.74, 6) is 0.00459. The van der Waals surface area contributed by atoms with E-state index < -0.39 is 4.92 Å². The van der Waals surface area contributed by atoms with Crippen molar-refractivity contribution in [3.63, 3.8) is 0 Å². The number of Topliss-reactive ketones (excluding diaryl/α,β-unsaturated/α-hetero) is 1. The highest BCUT2D eigenvalue weighted by Crippen LogP contribution is 2.27. The van der Waals surface area contributed by atoms with Gasteiger partial charge in [-0.1, -0.05) is 54.1 Å². The summed E-state index contributed by atoms with van der Waals surface area (Å²) in [7, 11) is 0. The second kappa shape index (κ2) is 8.47. The van der Waals surface area contributed by atoms with Crippen LogP contribution in [0.2, 0.25) is 5.02 Å². The van der Waals surface area contributed by atoms with E-state index >= 15 is 0 Å². The summed E-state index contributed by atoms with van der Waals surface area (Å²) < 4.78 is 0. The maximum Gasteiger partial charge on any atom is 0.269 e. The van der Waals surface area contributed by atoms with E-state index in [0.29, 0.717) is 16.3 Å². The van der Waals surface area contributed by atoms with Crippen LogP contribution in [0.1, 0.15) is 28.4 Å². The first-order valence-corrected chi connectivity index (χ1v) is 8.75. The van der Waals surface area contributed by atoms with Crippen LogP contribution < -0.4 is 5.32 Å². The number of non-ortho nitro benzene ring substituents is 1. The molecule has 3 aromatic rings. The van der Waals surface area contributed by atoms with Crippen LogP contribution >= 0.6 is 11.6 Å². The molecule has 1 N–H and O–H groups in total. The van der Waals surface area contributed by atoms with Crippen molar-refractivity contribution in [1.29, 1.82) is 0 Å². The maximum atomic E-state index is 12.7. The molecule has 0 saturated heterocycles. The molecule has 1 unspecified atom stereocenters. The van der Waals surface area contributed by atoms with Crippen LogP contribution in [0.5, 0.6) is 0 Å². The van der Waals surface area contributed by atoms with Gasteiger partial charge in [-0.3, -0.25) is 14.9 Å². The van der Waals surface area contributed by atoms with Crippen LogP contribution in [0.4, 0.5) is 11.4 Å². The predicted octanol–water partition coefficient (Wildman–Crippen LogP) is 5.67. The molecular formula is C21H17ClN2O3. The Morgan fingerprint density at radius 1 is 0.963 bits per heavy atom. The average Bonchev–Trinajstić information content (AvgIpc) is 2.69. The van der Waals surface area contributed by atoms with E-state index in [9.17, 15) is 14.9 Å². The number of carbonyl (C=O) groups is 1. The number of rotatable bonds is 7. The molecule has 0 aliphatic carbocycles. The van der Waals surface area contributed by atoms with E-state index in [1.54, 1.807) is 36.4 Å². The minimum absolute atomic E-state index is 0.00459. The highest BCUT2D eigenvalue weighted by atomic mass is 35.5. The monoisotopic (exact) mass is 380 g/mol. The summed E-state index contributed by atoms with van der Waals surface area (Å²) in [6.45, 7) is 0. The Kier molecular flexibility index (Phi) is 5.84. The van der Waals surface area contributed by atoms with Crippen molar-refractivity contribution in [2.75, 3.05) is 5.32 Å². The quantitative estimate of drug-likeness (QED) is 0.325. The number of ketones is 1. The van der Waals surface area contributed by atoms with E-state index in [0.717, 1.165) is 5.56 Å². The second-order valence-electron chi connectivity index (χ2n) is 6.05. The van der Waals surface area contributed by atoms with Gasteiger partial charge in [0.05, 0.1) is 11.0 Å². The molecule has 6 heteroatoms. The molecule has 5 nitrogen and oxygen atoms in total. The molecule has 3 aromatic carbocycles. The maximum absolute atomic E-state index is 12.7. The first-order valence-electron chi connectivity index (χ1n) is 8.37. The summed E-state index contributed by atoms with van der Waals surface area (Å²) in [4.78, 5) is 23.0. The Morgan fingerprint density at radius 2 is 1.59 bits per heavy atom. The van der Waals surface area contributed by atoms with Crippen molar-refractivity contribution >= 4 is 28.8 Å². The summed E-state index contributed by atoms with van der Waals surface area (Å²) >= 11 is 5.97. The molecule has 0 spiro atoms. The van der Waals surface area contributed by atoms with Crippen molar-refractivity contribution in [2.45, 2.75) is 12.5 Å². The molecule has 136 valence electrons. The van der Waals surface area contributed by atoms with Gasteiger partial charge in [-0.25, -0.2) is 0 Å². The van der Waals surface area contributed by atoms with Crippen LogP contribution in [0.3, 0.4) is 0 Å². The minimum atomic E-state index is -0.445. The minimum Gasteiger partial charge on any atom is -0.378 e. The summed E-state index contributed by atoms with van der Waals surface area (Å²) in [6.07, 6.45) is 0.239. The number of nitro benzene ring substituents is 1. The van der Waals surface area contributed by atoms with Crippen molar-refractivity contribution < 1.29 is 9.72 Å².